The summed E-state index contributed by atoms with van der Waals surface area (Å²) in [6.45, 7) is 2.69. The number of benzene rings is 1. The maximum atomic E-state index is 12.4. The number of methoxy groups -OCH3 is 2. The monoisotopic (exact) mass is 335 g/mol. The van der Waals surface area contributed by atoms with Crippen LogP contribution in [0.1, 0.15) is 30.1 Å². The fourth-order valence-electron chi connectivity index (χ4n) is 2.27. The average molecular weight is 335 g/mol. The van der Waals surface area contributed by atoms with E-state index < -0.39 is 5.92 Å². The number of carbonyl (C=O) groups is 3. The molecular formula is C18H25NO5. The largest absolute Gasteiger partial charge is 0.469 e. The molecular weight excluding hydrogens is 310 g/mol. The van der Waals surface area contributed by atoms with E-state index in [1.807, 2.05) is 6.07 Å². The molecule has 0 heterocycles. The van der Waals surface area contributed by atoms with Crippen LogP contribution >= 0.6 is 0 Å². The molecule has 0 aliphatic rings. The molecule has 0 N–H and O–H groups in total. The number of hydrogen-bond acceptors (Lipinski definition) is 5. The molecule has 0 radical (unpaired) electrons. The molecule has 0 saturated carbocycles. The topological polar surface area (TPSA) is 72.9 Å². The van der Waals surface area contributed by atoms with Crippen molar-refractivity contribution < 1.29 is 23.9 Å². The molecule has 1 rings (SSSR count). The van der Waals surface area contributed by atoms with Crippen LogP contribution in [0.5, 0.6) is 0 Å². The van der Waals surface area contributed by atoms with Crippen LogP contribution in [0.3, 0.4) is 0 Å². The predicted molar refractivity (Wildman–Crippen MR) is 89.6 cm³/mol. The number of rotatable bonds is 10. The second-order valence-electron chi connectivity index (χ2n) is 5.55. The highest BCUT2D eigenvalue weighted by Crippen LogP contribution is 2.09. The summed E-state index contributed by atoms with van der Waals surface area (Å²) in [4.78, 5) is 37.6. The SMILES string of the molecule is COCCN(CC(C)C(=O)OC)C(=O)CCC(=O)c1ccccc1. The van der Waals surface area contributed by atoms with Gasteiger partial charge in [0.25, 0.3) is 0 Å². The maximum Gasteiger partial charge on any atom is 0.310 e. The third-order valence-electron chi connectivity index (χ3n) is 3.68. The van der Waals surface area contributed by atoms with E-state index in [4.69, 9.17) is 9.47 Å². The van der Waals surface area contributed by atoms with Gasteiger partial charge in [-0.1, -0.05) is 37.3 Å². The van der Waals surface area contributed by atoms with E-state index in [-0.39, 0.29) is 37.0 Å². The number of hydrogen-bond donors (Lipinski definition) is 0. The highest BCUT2D eigenvalue weighted by Gasteiger charge is 2.22. The second kappa shape index (κ2) is 10.5. The zero-order chi connectivity index (χ0) is 17.9. The van der Waals surface area contributed by atoms with E-state index in [1.165, 1.54) is 7.11 Å². The lowest BCUT2D eigenvalue weighted by Crippen LogP contribution is -2.39. The molecule has 1 aromatic carbocycles. The Bertz CT molecular complexity index is 544. The Labute approximate surface area is 142 Å². The molecule has 0 aliphatic heterocycles. The molecule has 6 heteroatoms. The van der Waals surface area contributed by atoms with Gasteiger partial charge in [0.05, 0.1) is 19.6 Å². The smallest absolute Gasteiger partial charge is 0.310 e. The Morgan fingerprint density at radius 1 is 1.08 bits per heavy atom. The number of esters is 1. The predicted octanol–water partition coefficient (Wildman–Crippen LogP) is 1.93. The lowest BCUT2D eigenvalue weighted by atomic mass is 10.1. The van der Waals surface area contributed by atoms with Crippen molar-refractivity contribution in [2.75, 3.05) is 33.9 Å². The fourth-order valence-corrected chi connectivity index (χ4v) is 2.27. The molecule has 0 spiro atoms. The lowest BCUT2D eigenvalue weighted by Gasteiger charge is -2.24. The highest BCUT2D eigenvalue weighted by molar-refractivity contribution is 5.97. The zero-order valence-corrected chi connectivity index (χ0v) is 14.5. The summed E-state index contributed by atoms with van der Waals surface area (Å²) in [5.74, 6) is -1.05. The molecule has 0 aromatic heterocycles. The molecule has 6 nitrogen and oxygen atoms in total. The van der Waals surface area contributed by atoms with Gasteiger partial charge in [-0.15, -0.1) is 0 Å². The third kappa shape index (κ3) is 6.50. The highest BCUT2D eigenvalue weighted by atomic mass is 16.5. The van der Waals surface area contributed by atoms with Crippen molar-refractivity contribution in [3.8, 4) is 0 Å². The fraction of sp³-hybridized carbons (Fsp3) is 0.500. The van der Waals surface area contributed by atoms with Crippen LogP contribution in [-0.4, -0.2) is 56.5 Å². The molecule has 1 amide bonds. The van der Waals surface area contributed by atoms with Gasteiger partial charge >= 0.3 is 5.97 Å². The van der Waals surface area contributed by atoms with E-state index >= 15 is 0 Å². The minimum atomic E-state index is -0.430. The maximum absolute atomic E-state index is 12.4. The number of nitrogens with zero attached hydrogens (tertiary/aromatic N) is 1. The van der Waals surface area contributed by atoms with Crippen molar-refractivity contribution in [2.24, 2.45) is 5.92 Å². The van der Waals surface area contributed by atoms with Gasteiger partial charge in [0.2, 0.25) is 5.91 Å². The van der Waals surface area contributed by atoms with E-state index in [1.54, 1.807) is 43.2 Å². The molecule has 1 aromatic rings. The standard InChI is InChI=1S/C18H25NO5/c1-14(18(22)24-3)13-19(11-12-23-2)17(21)10-9-16(20)15-7-5-4-6-8-15/h4-8,14H,9-13H2,1-3H3. The summed E-state index contributed by atoms with van der Waals surface area (Å²) in [7, 11) is 2.87. The van der Waals surface area contributed by atoms with Crippen LogP contribution in [-0.2, 0) is 19.1 Å². The minimum Gasteiger partial charge on any atom is -0.469 e. The Kier molecular flexibility index (Phi) is 8.71. The molecule has 0 fully saturated rings. The molecule has 0 bridgehead atoms. The quantitative estimate of drug-likeness (QED) is 0.482. The number of amides is 1. The van der Waals surface area contributed by atoms with Gasteiger partial charge in [-0.05, 0) is 0 Å². The van der Waals surface area contributed by atoms with E-state index in [0.29, 0.717) is 18.7 Å². The summed E-state index contributed by atoms with van der Waals surface area (Å²) in [6, 6.07) is 8.88. The van der Waals surface area contributed by atoms with Crippen LogP contribution in [0, 0.1) is 5.92 Å². The van der Waals surface area contributed by atoms with Crippen molar-refractivity contribution in [3.05, 3.63) is 35.9 Å². The normalized spacial score (nSPS) is 11.6. The van der Waals surface area contributed by atoms with Gasteiger partial charge in [-0.25, -0.2) is 0 Å². The van der Waals surface area contributed by atoms with Gasteiger partial charge in [0.15, 0.2) is 5.78 Å². The molecule has 132 valence electrons. The number of carbonyl (C=O) groups excluding carboxylic acids is 3. The first-order valence-electron chi connectivity index (χ1n) is 7.92. The van der Waals surface area contributed by atoms with Gasteiger partial charge < -0.3 is 14.4 Å². The van der Waals surface area contributed by atoms with Crippen LogP contribution in [0.4, 0.5) is 0 Å². The molecule has 0 saturated heterocycles. The number of ether oxygens (including phenoxy) is 2. The summed E-state index contributed by atoms with van der Waals surface area (Å²) in [5.41, 5.74) is 0.594. The van der Waals surface area contributed by atoms with Crippen LogP contribution in [0.25, 0.3) is 0 Å². The van der Waals surface area contributed by atoms with E-state index in [0.717, 1.165) is 0 Å². The first kappa shape index (κ1) is 19.8. The van der Waals surface area contributed by atoms with Crippen molar-refractivity contribution in [1.29, 1.82) is 0 Å². The number of Topliss-reactive ketones (excluding diaryl/α,β-unsaturated/α-hetero) is 1. The first-order chi connectivity index (χ1) is 11.5. The first-order valence-corrected chi connectivity index (χ1v) is 7.92. The summed E-state index contributed by atoms with van der Waals surface area (Å²) < 4.78 is 9.70. The number of ketones is 1. The van der Waals surface area contributed by atoms with Crippen molar-refractivity contribution in [3.63, 3.8) is 0 Å². The lowest BCUT2D eigenvalue weighted by molar-refractivity contribution is -0.146. The van der Waals surface area contributed by atoms with Crippen LogP contribution in [0.2, 0.25) is 0 Å². The Morgan fingerprint density at radius 2 is 1.75 bits per heavy atom. The average Bonchev–Trinajstić information content (AvgIpc) is 2.62. The van der Waals surface area contributed by atoms with Gasteiger partial charge in [0, 0.05) is 38.6 Å². The summed E-state index contributed by atoms with van der Waals surface area (Å²) in [6.07, 6.45) is 0.240. The second-order valence-corrected chi connectivity index (χ2v) is 5.55. The Morgan fingerprint density at radius 3 is 2.33 bits per heavy atom. The molecule has 1 atom stereocenters. The van der Waals surface area contributed by atoms with Gasteiger partial charge in [-0.3, -0.25) is 14.4 Å². The van der Waals surface area contributed by atoms with Gasteiger partial charge in [-0.2, -0.15) is 0 Å². The van der Waals surface area contributed by atoms with E-state index in [9.17, 15) is 14.4 Å². The van der Waals surface area contributed by atoms with Crippen molar-refractivity contribution >= 4 is 17.7 Å². The molecule has 24 heavy (non-hydrogen) atoms. The van der Waals surface area contributed by atoms with Crippen LogP contribution in [0.15, 0.2) is 30.3 Å². The van der Waals surface area contributed by atoms with Crippen LogP contribution < -0.4 is 0 Å². The summed E-state index contributed by atoms with van der Waals surface area (Å²) in [5, 5.41) is 0. The van der Waals surface area contributed by atoms with Gasteiger partial charge in [0.1, 0.15) is 0 Å². The molecule has 1 unspecified atom stereocenters. The van der Waals surface area contributed by atoms with Crippen molar-refractivity contribution in [2.45, 2.75) is 19.8 Å². The Hall–Kier alpha value is -2.21. The zero-order valence-electron chi connectivity index (χ0n) is 14.5. The molecule has 0 aliphatic carbocycles. The van der Waals surface area contributed by atoms with E-state index in [2.05, 4.69) is 0 Å². The Balaban J connectivity index is 2.60. The van der Waals surface area contributed by atoms with Crippen molar-refractivity contribution in [1.82, 2.24) is 4.90 Å². The minimum absolute atomic E-state index is 0.0725. The summed E-state index contributed by atoms with van der Waals surface area (Å²) >= 11 is 0. The third-order valence-corrected chi connectivity index (χ3v) is 3.68.